The molecule has 0 spiro atoms. The van der Waals surface area contributed by atoms with E-state index in [-0.39, 0.29) is 12.5 Å². The first-order chi connectivity index (χ1) is 9.27. The lowest BCUT2D eigenvalue weighted by molar-refractivity contribution is -0.140. The molecule has 2 atom stereocenters. The van der Waals surface area contributed by atoms with E-state index in [1.807, 2.05) is 0 Å². The van der Waals surface area contributed by atoms with Crippen molar-refractivity contribution in [3.63, 3.8) is 0 Å². The van der Waals surface area contributed by atoms with Crippen LogP contribution in [0.5, 0.6) is 0 Å². The molecule has 1 aliphatic heterocycles. The molecule has 3 N–H and O–H groups in total. The zero-order valence-corrected chi connectivity index (χ0v) is 11.7. The number of urea groups is 1. The van der Waals surface area contributed by atoms with Gasteiger partial charge in [-0.15, -0.1) is 0 Å². The van der Waals surface area contributed by atoms with Crippen LogP contribution in [0, 0.1) is 5.92 Å². The van der Waals surface area contributed by atoms with Crippen LogP contribution in [0.3, 0.4) is 0 Å². The third-order valence-electron chi connectivity index (χ3n) is 3.11. The van der Waals surface area contributed by atoms with Gasteiger partial charge in [0.15, 0.2) is 0 Å². The highest BCUT2D eigenvalue weighted by Crippen LogP contribution is 2.11. The topological polar surface area (TPSA) is 116 Å². The lowest BCUT2D eigenvalue weighted by atomic mass is 10.0. The number of nitrogens with zero attached hydrogens (tertiary/aromatic N) is 1. The molecule has 4 amide bonds. The van der Waals surface area contributed by atoms with E-state index in [1.165, 1.54) is 0 Å². The Kier molecular flexibility index (Phi) is 5.06. The normalized spacial score (nSPS) is 20.6. The van der Waals surface area contributed by atoms with Crippen LogP contribution in [-0.2, 0) is 14.4 Å². The largest absolute Gasteiger partial charge is 0.480 e. The van der Waals surface area contributed by atoms with Crippen LogP contribution in [0.2, 0.25) is 0 Å². The van der Waals surface area contributed by atoms with Gasteiger partial charge in [-0.05, 0) is 12.3 Å². The van der Waals surface area contributed by atoms with Crippen molar-refractivity contribution in [3.05, 3.63) is 0 Å². The van der Waals surface area contributed by atoms with Gasteiger partial charge in [-0.3, -0.25) is 14.9 Å². The number of carbonyl (C=O) groups excluding carboxylic acids is 3. The summed E-state index contributed by atoms with van der Waals surface area (Å²) < 4.78 is 0. The number of carboxylic acid groups (broad SMARTS) is 1. The monoisotopic (exact) mass is 285 g/mol. The van der Waals surface area contributed by atoms with Crippen LogP contribution in [0.4, 0.5) is 4.79 Å². The Hall–Kier alpha value is -2.12. The highest BCUT2D eigenvalue weighted by molar-refractivity contribution is 6.04. The average molecular weight is 285 g/mol. The predicted octanol–water partition coefficient (Wildman–Crippen LogP) is -0.458. The number of imide groups is 1. The predicted molar refractivity (Wildman–Crippen MR) is 68.7 cm³/mol. The molecule has 0 aromatic heterocycles. The van der Waals surface area contributed by atoms with Crippen molar-refractivity contribution in [3.8, 4) is 0 Å². The van der Waals surface area contributed by atoms with Gasteiger partial charge in [-0.2, -0.15) is 0 Å². The quantitative estimate of drug-likeness (QED) is 0.605. The Bertz CT molecular complexity index is 435. The molecular formula is C12H19N3O5. The standard InChI is InChI=1S/C12H19N3O5/c1-4-7-10(17)13-8(16)5-15(7)12(20)14-9(6(2)3)11(18)19/h6-7,9H,4-5H2,1-3H3,(H,14,20)(H,18,19)(H,13,16,17)/t7?,9-/m1/s1. The summed E-state index contributed by atoms with van der Waals surface area (Å²) in [5.74, 6) is -2.60. The van der Waals surface area contributed by atoms with Crippen LogP contribution in [0.15, 0.2) is 0 Å². The fourth-order valence-corrected chi connectivity index (χ4v) is 2.02. The molecular weight excluding hydrogens is 266 g/mol. The summed E-state index contributed by atoms with van der Waals surface area (Å²) in [5, 5.41) is 13.5. The Morgan fingerprint density at radius 2 is 2.05 bits per heavy atom. The fraction of sp³-hybridized carbons (Fsp3) is 0.667. The summed E-state index contributed by atoms with van der Waals surface area (Å²) in [6.45, 7) is 4.76. The van der Waals surface area contributed by atoms with Gasteiger partial charge in [0, 0.05) is 0 Å². The van der Waals surface area contributed by atoms with Crippen molar-refractivity contribution in [1.82, 2.24) is 15.5 Å². The second kappa shape index (κ2) is 6.36. The molecule has 1 fully saturated rings. The van der Waals surface area contributed by atoms with Gasteiger partial charge in [0.25, 0.3) is 0 Å². The van der Waals surface area contributed by atoms with E-state index in [0.29, 0.717) is 6.42 Å². The Morgan fingerprint density at radius 1 is 1.45 bits per heavy atom. The smallest absolute Gasteiger partial charge is 0.326 e. The fourth-order valence-electron chi connectivity index (χ4n) is 2.02. The van der Waals surface area contributed by atoms with Gasteiger partial charge in [0.1, 0.15) is 18.6 Å². The summed E-state index contributed by atoms with van der Waals surface area (Å²) in [6.07, 6.45) is 0.339. The maximum atomic E-state index is 12.1. The summed E-state index contributed by atoms with van der Waals surface area (Å²) in [6, 6.07) is -2.56. The van der Waals surface area contributed by atoms with Crippen LogP contribution < -0.4 is 10.6 Å². The number of piperazine rings is 1. The minimum atomic E-state index is -1.16. The van der Waals surface area contributed by atoms with Crippen LogP contribution in [0.25, 0.3) is 0 Å². The molecule has 0 bridgehead atoms. The summed E-state index contributed by atoms with van der Waals surface area (Å²) in [5.41, 5.74) is 0. The van der Waals surface area contributed by atoms with Gasteiger partial charge in [0.2, 0.25) is 11.8 Å². The number of aliphatic carboxylic acids is 1. The summed E-state index contributed by atoms with van der Waals surface area (Å²) in [4.78, 5) is 47.2. The Morgan fingerprint density at radius 3 is 2.50 bits per heavy atom. The van der Waals surface area contributed by atoms with Crippen LogP contribution in [0.1, 0.15) is 27.2 Å². The number of hydrogen-bond acceptors (Lipinski definition) is 4. The zero-order chi connectivity index (χ0) is 15.4. The lowest BCUT2D eigenvalue weighted by Gasteiger charge is -2.34. The van der Waals surface area contributed by atoms with Crippen molar-refractivity contribution in [2.24, 2.45) is 5.92 Å². The van der Waals surface area contributed by atoms with Crippen molar-refractivity contribution in [1.29, 1.82) is 0 Å². The molecule has 0 saturated carbocycles. The van der Waals surface area contributed by atoms with Crippen LogP contribution >= 0.6 is 0 Å². The van der Waals surface area contributed by atoms with Crippen molar-refractivity contribution in [2.45, 2.75) is 39.3 Å². The second-order valence-electron chi connectivity index (χ2n) is 4.97. The summed E-state index contributed by atoms with van der Waals surface area (Å²) >= 11 is 0. The lowest BCUT2D eigenvalue weighted by Crippen LogP contribution is -2.63. The number of hydrogen-bond donors (Lipinski definition) is 3. The maximum absolute atomic E-state index is 12.1. The number of carboxylic acids is 1. The Labute approximate surface area is 116 Å². The molecule has 1 aliphatic rings. The van der Waals surface area contributed by atoms with E-state index < -0.39 is 35.9 Å². The molecule has 0 aromatic carbocycles. The van der Waals surface area contributed by atoms with E-state index in [9.17, 15) is 19.2 Å². The highest BCUT2D eigenvalue weighted by Gasteiger charge is 2.37. The van der Waals surface area contributed by atoms with Gasteiger partial charge in [0.05, 0.1) is 0 Å². The first-order valence-corrected chi connectivity index (χ1v) is 6.41. The SMILES string of the molecule is CCC1C(=O)NC(=O)CN1C(=O)N[C@@H](C(=O)O)C(C)C. The minimum Gasteiger partial charge on any atom is -0.480 e. The molecule has 20 heavy (non-hydrogen) atoms. The van der Waals surface area contributed by atoms with E-state index in [0.717, 1.165) is 4.90 Å². The van der Waals surface area contributed by atoms with Gasteiger partial charge in [-0.1, -0.05) is 20.8 Å². The van der Waals surface area contributed by atoms with Crippen molar-refractivity contribution >= 4 is 23.8 Å². The number of carbonyl (C=O) groups is 4. The van der Waals surface area contributed by atoms with E-state index >= 15 is 0 Å². The molecule has 0 aliphatic carbocycles. The number of rotatable bonds is 4. The molecule has 1 saturated heterocycles. The molecule has 0 aromatic rings. The van der Waals surface area contributed by atoms with Gasteiger partial charge in [-0.25, -0.2) is 9.59 Å². The van der Waals surface area contributed by atoms with E-state index in [1.54, 1.807) is 20.8 Å². The summed E-state index contributed by atoms with van der Waals surface area (Å²) in [7, 11) is 0. The zero-order valence-electron chi connectivity index (χ0n) is 11.7. The van der Waals surface area contributed by atoms with E-state index in [2.05, 4.69) is 10.6 Å². The van der Waals surface area contributed by atoms with Gasteiger partial charge < -0.3 is 15.3 Å². The molecule has 112 valence electrons. The molecule has 8 heteroatoms. The first-order valence-electron chi connectivity index (χ1n) is 6.41. The molecule has 1 unspecified atom stereocenters. The van der Waals surface area contributed by atoms with Crippen molar-refractivity contribution < 1.29 is 24.3 Å². The average Bonchev–Trinajstić information content (AvgIpc) is 2.33. The van der Waals surface area contributed by atoms with Gasteiger partial charge >= 0.3 is 12.0 Å². The van der Waals surface area contributed by atoms with Crippen molar-refractivity contribution in [2.75, 3.05) is 6.54 Å². The Balaban J connectivity index is 2.85. The second-order valence-corrected chi connectivity index (χ2v) is 4.97. The third-order valence-corrected chi connectivity index (χ3v) is 3.11. The highest BCUT2D eigenvalue weighted by atomic mass is 16.4. The molecule has 1 rings (SSSR count). The third kappa shape index (κ3) is 3.46. The number of amides is 4. The number of nitrogens with one attached hydrogen (secondary N) is 2. The minimum absolute atomic E-state index is 0.263. The maximum Gasteiger partial charge on any atom is 0.326 e. The molecule has 1 heterocycles. The van der Waals surface area contributed by atoms with Crippen LogP contribution in [-0.4, -0.2) is 52.4 Å². The van der Waals surface area contributed by atoms with E-state index in [4.69, 9.17) is 5.11 Å². The molecule has 8 nitrogen and oxygen atoms in total. The first kappa shape index (κ1) is 15.9. The molecule has 0 radical (unpaired) electrons.